The molecule has 1 aromatic heterocycles. The summed E-state index contributed by atoms with van der Waals surface area (Å²) in [6, 6.07) is 12.8. The summed E-state index contributed by atoms with van der Waals surface area (Å²) in [5, 5.41) is 3.12. The quantitative estimate of drug-likeness (QED) is 0.314. The topological polar surface area (TPSA) is 89.6 Å². The van der Waals surface area contributed by atoms with Crippen molar-refractivity contribution in [2.45, 2.75) is 32.4 Å². The van der Waals surface area contributed by atoms with Crippen molar-refractivity contribution in [3.05, 3.63) is 65.1 Å². The van der Waals surface area contributed by atoms with Gasteiger partial charge in [0.15, 0.2) is 0 Å². The van der Waals surface area contributed by atoms with Crippen molar-refractivity contribution in [2.75, 3.05) is 11.9 Å². The van der Waals surface area contributed by atoms with Crippen LogP contribution in [0.5, 0.6) is 0 Å². The minimum absolute atomic E-state index is 0. The van der Waals surface area contributed by atoms with Crippen molar-refractivity contribution in [3.8, 4) is 0 Å². The number of benzene rings is 1. The Morgan fingerprint density at radius 1 is 1.36 bits per heavy atom. The smallest absolute Gasteiger partial charge is 0.342 e. The fourth-order valence-electron chi connectivity index (χ4n) is 2.51. The number of nitrogens with one attached hydrogen (secondary N) is 1. The van der Waals surface area contributed by atoms with Crippen molar-refractivity contribution in [1.29, 1.82) is 0 Å². The number of nitrogens with two attached hydrogens (primary N) is 1. The first-order valence-electron chi connectivity index (χ1n) is 9.22. The van der Waals surface area contributed by atoms with Crippen molar-refractivity contribution < 1.29 is 15.3 Å². The maximum atomic E-state index is 14.5. The van der Waals surface area contributed by atoms with E-state index in [-0.39, 0.29) is 24.9 Å². The third-order valence-corrected chi connectivity index (χ3v) is 4.19. The molecule has 148 valence electrons. The van der Waals surface area contributed by atoms with Crippen LogP contribution in [0.1, 0.15) is 32.3 Å². The van der Waals surface area contributed by atoms with E-state index in [4.69, 9.17) is 10.5 Å². The van der Waals surface area contributed by atoms with Crippen molar-refractivity contribution >= 4 is 23.7 Å². The standard InChI is InChI=1S/C21H23FN4O2.H2/c1-2-24-12-17(21(27)28-13-14-6-4-3-5-7-14)19(23)16-10-11-18(26-20(16)22)25-15-8-9-15;/h3-7,10-12,15H,2,8-9,13,23H2,1H3,(H,25,26);1H/b19-17+,24-12?;. The van der Waals surface area contributed by atoms with E-state index in [2.05, 4.69) is 15.3 Å². The Bertz CT molecular complexity index is 899. The molecule has 3 N–H and O–H groups in total. The van der Waals surface area contributed by atoms with E-state index < -0.39 is 11.9 Å². The zero-order chi connectivity index (χ0) is 19.9. The van der Waals surface area contributed by atoms with Crippen LogP contribution >= 0.6 is 0 Å². The average molecular weight is 384 g/mol. The third-order valence-electron chi connectivity index (χ3n) is 4.19. The summed E-state index contributed by atoms with van der Waals surface area (Å²) in [4.78, 5) is 20.5. The molecule has 7 heteroatoms. The molecule has 1 aliphatic rings. The van der Waals surface area contributed by atoms with Crippen LogP contribution in [0.2, 0.25) is 0 Å². The number of carbonyl (C=O) groups is 1. The second-order valence-corrected chi connectivity index (χ2v) is 6.47. The monoisotopic (exact) mass is 384 g/mol. The Morgan fingerprint density at radius 2 is 2.11 bits per heavy atom. The van der Waals surface area contributed by atoms with Crippen LogP contribution < -0.4 is 11.1 Å². The van der Waals surface area contributed by atoms with Gasteiger partial charge in [-0.15, -0.1) is 0 Å². The van der Waals surface area contributed by atoms with Gasteiger partial charge < -0.3 is 15.8 Å². The average Bonchev–Trinajstić information content (AvgIpc) is 3.51. The minimum atomic E-state index is -0.749. The highest BCUT2D eigenvalue weighted by Gasteiger charge is 2.23. The molecule has 1 fully saturated rings. The van der Waals surface area contributed by atoms with E-state index in [1.807, 2.05) is 37.3 Å². The number of ether oxygens (including phenoxy) is 1. The van der Waals surface area contributed by atoms with Crippen LogP contribution in [0.25, 0.3) is 5.70 Å². The predicted octanol–water partition coefficient (Wildman–Crippen LogP) is 3.54. The molecule has 28 heavy (non-hydrogen) atoms. The molecule has 3 rings (SSSR count). The molecule has 0 amide bonds. The molecule has 0 atom stereocenters. The largest absolute Gasteiger partial charge is 0.457 e. The second kappa shape index (κ2) is 9.12. The Labute approximate surface area is 164 Å². The normalized spacial score (nSPS) is 14.6. The summed E-state index contributed by atoms with van der Waals surface area (Å²) in [7, 11) is 0. The molecule has 1 aliphatic carbocycles. The van der Waals surface area contributed by atoms with E-state index in [1.165, 1.54) is 12.3 Å². The summed E-state index contributed by atoms with van der Waals surface area (Å²) >= 11 is 0. The first kappa shape index (κ1) is 19.5. The van der Waals surface area contributed by atoms with Crippen LogP contribution in [0.3, 0.4) is 0 Å². The highest BCUT2D eigenvalue weighted by Crippen LogP contribution is 2.25. The lowest BCUT2D eigenvalue weighted by molar-refractivity contribution is -0.139. The van der Waals surface area contributed by atoms with Crippen LogP contribution in [-0.4, -0.2) is 29.8 Å². The first-order chi connectivity index (χ1) is 13.6. The second-order valence-electron chi connectivity index (χ2n) is 6.47. The third kappa shape index (κ3) is 5.16. The predicted molar refractivity (Wildman–Crippen MR) is 109 cm³/mol. The molecule has 0 radical (unpaired) electrons. The number of carbonyl (C=O) groups excluding carboxylic acids is 1. The van der Waals surface area contributed by atoms with Crippen molar-refractivity contribution in [3.63, 3.8) is 0 Å². The van der Waals surface area contributed by atoms with Crippen LogP contribution in [0.15, 0.2) is 53.0 Å². The molecule has 0 spiro atoms. The lowest BCUT2D eigenvalue weighted by Crippen LogP contribution is -2.16. The number of nitrogens with zero attached hydrogens (tertiary/aromatic N) is 2. The number of rotatable bonds is 8. The summed E-state index contributed by atoms with van der Waals surface area (Å²) in [6.45, 7) is 2.36. The molecule has 0 saturated heterocycles. The number of halogens is 1. The lowest BCUT2D eigenvalue weighted by Gasteiger charge is -2.11. The number of anilines is 1. The van der Waals surface area contributed by atoms with Gasteiger partial charge in [0.1, 0.15) is 18.0 Å². The van der Waals surface area contributed by atoms with Gasteiger partial charge >= 0.3 is 5.97 Å². The number of aromatic nitrogens is 1. The van der Waals surface area contributed by atoms with E-state index in [1.54, 1.807) is 6.07 Å². The molecule has 0 bridgehead atoms. The van der Waals surface area contributed by atoms with Gasteiger partial charge in [-0.2, -0.15) is 4.39 Å². The van der Waals surface area contributed by atoms with Crippen molar-refractivity contribution in [2.24, 2.45) is 10.7 Å². The summed E-state index contributed by atoms with van der Waals surface area (Å²) < 4.78 is 19.8. The fraction of sp³-hybridized carbons (Fsp3) is 0.286. The Kier molecular flexibility index (Phi) is 6.37. The zero-order valence-corrected chi connectivity index (χ0v) is 15.7. The van der Waals surface area contributed by atoms with E-state index in [9.17, 15) is 9.18 Å². The number of pyridine rings is 1. The summed E-state index contributed by atoms with van der Waals surface area (Å²) in [5.41, 5.74) is 6.92. The van der Waals surface area contributed by atoms with Gasteiger partial charge in [0.25, 0.3) is 0 Å². The van der Waals surface area contributed by atoms with Gasteiger partial charge in [0, 0.05) is 20.2 Å². The lowest BCUT2D eigenvalue weighted by atomic mass is 10.1. The molecule has 0 aliphatic heterocycles. The highest BCUT2D eigenvalue weighted by atomic mass is 19.1. The van der Waals surface area contributed by atoms with Crippen LogP contribution in [-0.2, 0) is 16.1 Å². The van der Waals surface area contributed by atoms with E-state index in [0.717, 1.165) is 18.4 Å². The van der Waals surface area contributed by atoms with Gasteiger partial charge in [-0.25, -0.2) is 9.78 Å². The number of hydrogen-bond donors (Lipinski definition) is 2. The molecular formula is C21H25FN4O2. The Hall–Kier alpha value is -3.22. The highest BCUT2D eigenvalue weighted by molar-refractivity contribution is 6.15. The summed E-state index contributed by atoms with van der Waals surface area (Å²) in [6.07, 6.45) is 3.43. The van der Waals surface area contributed by atoms with Gasteiger partial charge in [-0.3, -0.25) is 4.99 Å². The Balaban J connectivity index is 0.00000300. The zero-order valence-electron chi connectivity index (χ0n) is 15.7. The van der Waals surface area contributed by atoms with Gasteiger partial charge in [-0.05, 0) is 37.5 Å². The molecule has 1 aromatic carbocycles. The molecule has 0 unspecified atom stereocenters. The van der Waals surface area contributed by atoms with Gasteiger partial charge in [-0.1, -0.05) is 30.3 Å². The van der Waals surface area contributed by atoms with E-state index >= 15 is 0 Å². The molecule has 1 heterocycles. The van der Waals surface area contributed by atoms with Gasteiger partial charge in [0.2, 0.25) is 5.95 Å². The van der Waals surface area contributed by atoms with Crippen LogP contribution in [0, 0.1) is 5.95 Å². The minimum Gasteiger partial charge on any atom is -0.457 e. The van der Waals surface area contributed by atoms with Crippen LogP contribution in [0.4, 0.5) is 10.2 Å². The molecule has 6 nitrogen and oxygen atoms in total. The van der Waals surface area contributed by atoms with E-state index in [0.29, 0.717) is 18.4 Å². The number of aliphatic imine (C=N–C) groups is 1. The first-order valence-corrected chi connectivity index (χ1v) is 9.22. The maximum Gasteiger partial charge on any atom is 0.342 e. The molecule has 1 saturated carbocycles. The fourth-order valence-corrected chi connectivity index (χ4v) is 2.51. The molecule has 2 aromatic rings. The van der Waals surface area contributed by atoms with Gasteiger partial charge in [0.05, 0.1) is 11.3 Å². The maximum absolute atomic E-state index is 14.5. The SMILES string of the molecule is CCN=C/C(C(=O)OCc1ccccc1)=C(\N)c1ccc(NC2CC2)nc1F.[HH]. The van der Waals surface area contributed by atoms with Crippen molar-refractivity contribution in [1.82, 2.24) is 4.98 Å². The molecular weight excluding hydrogens is 359 g/mol. The summed E-state index contributed by atoms with van der Waals surface area (Å²) in [5.74, 6) is -0.966. The Morgan fingerprint density at radius 3 is 2.75 bits per heavy atom. The number of esters is 1. The number of hydrogen-bond acceptors (Lipinski definition) is 6.